The molecular weight excluding hydrogens is 404 g/mol. The molecule has 1 aromatic carbocycles. The Morgan fingerprint density at radius 1 is 1.36 bits per heavy atom. The number of aromatic nitrogens is 2. The van der Waals surface area contributed by atoms with Crippen LogP contribution in [-0.2, 0) is 17.7 Å². The van der Waals surface area contributed by atoms with Crippen LogP contribution in [0.1, 0.15) is 53.8 Å². The average Bonchev–Trinajstić information content (AvgIpc) is 2.92. The van der Waals surface area contributed by atoms with Crippen molar-refractivity contribution >= 4 is 33.5 Å². The number of ether oxygens (including phenoxy) is 1. The van der Waals surface area contributed by atoms with Gasteiger partial charge in [0.25, 0.3) is 0 Å². The molecule has 0 radical (unpaired) electrons. The number of hydrogen-bond acceptors (Lipinski definition) is 3. The highest BCUT2D eigenvalue weighted by atomic mass is 79.9. The van der Waals surface area contributed by atoms with Gasteiger partial charge in [0.15, 0.2) is 0 Å². The Morgan fingerprint density at radius 3 is 2.76 bits per heavy atom. The lowest BCUT2D eigenvalue weighted by Crippen LogP contribution is -2.21. The van der Waals surface area contributed by atoms with Crippen molar-refractivity contribution < 1.29 is 9.53 Å². The Bertz CT molecular complexity index is 754. The maximum Gasteiger partial charge on any atom is 0.338 e. The molecule has 134 valence electrons. The molecule has 1 heterocycles. The summed E-state index contributed by atoms with van der Waals surface area (Å²) in [6.07, 6.45) is 8.25. The fraction of sp³-hybridized carbons (Fsp3) is 0.474. The van der Waals surface area contributed by atoms with Crippen molar-refractivity contribution in [1.82, 2.24) is 9.55 Å². The van der Waals surface area contributed by atoms with Gasteiger partial charge in [-0.2, -0.15) is 0 Å². The van der Waals surface area contributed by atoms with Gasteiger partial charge in [-0.15, -0.1) is 0 Å². The number of benzene rings is 1. The minimum atomic E-state index is -0.269. The Labute approximate surface area is 161 Å². The van der Waals surface area contributed by atoms with E-state index in [1.54, 1.807) is 6.07 Å². The second-order valence-corrected chi connectivity index (χ2v) is 7.75. The van der Waals surface area contributed by atoms with Gasteiger partial charge in [-0.05, 0) is 72.7 Å². The number of hydrogen-bond donors (Lipinski definition) is 0. The predicted octanol–water partition coefficient (Wildman–Crippen LogP) is 5.34. The van der Waals surface area contributed by atoms with Crippen LogP contribution in [0.15, 0.2) is 29.0 Å². The van der Waals surface area contributed by atoms with Gasteiger partial charge in [0, 0.05) is 17.8 Å². The number of halogens is 2. The number of imidazole rings is 1. The standard InChI is InChI=1S/C19H22BrClN2O2/c1-13-22-18(20)12-23(13)10-9-14-7-8-15(11-17(14)21)19(24)25-16-5-3-2-4-6-16/h7-8,11-12,16H,2-6,9-10H2,1H3. The third-order valence-corrected chi connectivity index (χ3v) is 5.42. The van der Waals surface area contributed by atoms with Gasteiger partial charge in [0.1, 0.15) is 16.5 Å². The summed E-state index contributed by atoms with van der Waals surface area (Å²) in [5.74, 6) is 0.686. The third kappa shape index (κ3) is 4.85. The van der Waals surface area contributed by atoms with Crippen molar-refractivity contribution in [3.8, 4) is 0 Å². The van der Waals surface area contributed by atoms with Gasteiger partial charge in [-0.3, -0.25) is 0 Å². The average molecular weight is 426 g/mol. The highest BCUT2D eigenvalue weighted by molar-refractivity contribution is 9.10. The van der Waals surface area contributed by atoms with Crippen LogP contribution < -0.4 is 0 Å². The lowest BCUT2D eigenvalue weighted by molar-refractivity contribution is 0.0211. The zero-order valence-electron chi connectivity index (χ0n) is 14.3. The Kier molecular flexibility index (Phi) is 6.18. The fourth-order valence-electron chi connectivity index (χ4n) is 3.22. The molecule has 1 aromatic heterocycles. The van der Waals surface area contributed by atoms with Gasteiger partial charge in [0.05, 0.1) is 5.56 Å². The summed E-state index contributed by atoms with van der Waals surface area (Å²) in [4.78, 5) is 16.6. The van der Waals surface area contributed by atoms with Crippen LogP contribution in [0.5, 0.6) is 0 Å². The monoisotopic (exact) mass is 424 g/mol. The van der Waals surface area contributed by atoms with E-state index in [1.807, 2.05) is 25.3 Å². The van der Waals surface area contributed by atoms with Crippen LogP contribution in [0.3, 0.4) is 0 Å². The Balaban J connectivity index is 1.61. The summed E-state index contributed by atoms with van der Waals surface area (Å²) < 4.78 is 8.51. The second kappa shape index (κ2) is 8.37. The third-order valence-electron chi connectivity index (χ3n) is 4.68. The highest BCUT2D eigenvalue weighted by Crippen LogP contribution is 2.24. The second-order valence-electron chi connectivity index (χ2n) is 6.53. The first-order valence-corrected chi connectivity index (χ1v) is 9.88. The number of aryl methyl sites for hydroxylation is 3. The topological polar surface area (TPSA) is 44.1 Å². The maximum atomic E-state index is 12.3. The zero-order chi connectivity index (χ0) is 17.8. The van der Waals surface area contributed by atoms with Crippen molar-refractivity contribution in [2.75, 3.05) is 0 Å². The van der Waals surface area contributed by atoms with E-state index >= 15 is 0 Å². The molecule has 1 aliphatic rings. The van der Waals surface area contributed by atoms with Crippen LogP contribution in [0.25, 0.3) is 0 Å². The SMILES string of the molecule is Cc1nc(Br)cn1CCc1ccc(C(=O)OC2CCCCC2)cc1Cl. The number of carbonyl (C=O) groups is 1. The molecule has 0 amide bonds. The predicted molar refractivity (Wildman–Crippen MR) is 102 cm³/mol. The van der Waals surface area contributed by atoms with Crippen molar-refractivity contribution in [3.63, 3.8) is 0 Å². The normalized spacial score (nSPS) is 15.3. The molecular formula is C19H22BrClN2O2. The number of esters is 1. The van der Waals surface area contributed by atoms with Crippen molar-refractivity contribution in [2.24, 2.45) is 0 Å². The van der Waals surface area contributed by atoms with Crippen LogP contribution >= 0.6 is 27.5 Å². The lowest BCUT2D eigenvalue weighted by Gasteiger charge is -2.21. The molecule has 2 aromatic rings. The van der Waals surface area contributed by atoms with E-state index in [-0.39, 0.29) is 12.1 Å². The molecule has 0 unspecified atom stereocenters. The molecule has 0 atom stereocenters. The van der Waals surface area contributed by atoms with Gasteiger partial charge < -0.3 is 9.30 Å². The number of rotatable bonds is 5. The van der Waals surface area contributed by atoms with Gasteiger partial charge >= 0.3 is 5.97 Å². The summed E-state index contributed by atoms with van der Waals surface area (Å²) in [6, 6.07) is 5.45. The maximum absolute atomic E-state index is 12.3. The van der Waals surface area contributed by atoms with Crippen molar-refractivity contribution in [3.05, 3.63) is 51.0 Å². The molecule has 1 fully saturated rings. The number of nitrogens with zero attached hydrogens (tertiary/aromatic N) is 2. The van der Waals surface area contributed by atoms with Crippen LogP contribution in [-0.4, -0.2) is 21.6 Å². The number of carbonyl (C=O) groups excluding carboxylic acids is 1. The van der Waals surface area contributed by atoms with E-state index < -0.39 is 0 Å². The van der Waals surface area contributed by atoms with E-state index in [0.29, 0.717) is 10.6 Å². The van der Waals surface area contributed by atoms with E-state index in [9.17, 15) is 4.79 Å². The van der Waals surface area contributed by atoms with Crippen LogP contribution in [0.2, 0.25) is 5.02 Å². The van der Waals surface area contributed by atoms with E-state index in [1.165, 1.54) is 6.42 Å². The molecule has 25 heavy (non-hydrogen) atoms. The zero-order valence-corrected chi connectivity index (χ0v) is 16.6. The fourth-order valence-corrected chi connectivity index (χ4v) is 4.00. The molecule has 0 bridgehead atoms. The summed E-state index contributed by atoms with van der Waals surface area (Å²) in [6.45, 7) is 2.76. The van der Waals surface area contributed by atoms with Gasteiger partial charge in [-0.1, -0.05) is 24.1 Å². The first-order chi connectivity index (χ1) is 12.0. The lowest BCUT2D eigenvalue weighted by atomic mass is 9.98. The van der Waals surface area contributed by atoms with Crippen LogP contribution in [0.4, 0.5) is 0 Å². The van der Waals surface area contributed by atoms with E-state index in [0.717, 1.165) is 54.6 Å². The first kappa shape index (κ1) is 18.5. The molecule has 1 saturated carbocycles. The smallest absolute Gasteiger partial charge is 0.338 e. The summed E-state index contributed by atoms with van der Waals surface area (Å²) >= 11 is 9.77. The molecule has 0 spiro atoms. The summed E-state index contributed by atoms with van der Waals surface area (Å²) in [7, 11) is 0. The summed E-state index contributed by atoms with van der Waals surface area (Å²) in [5.41, 5.74) is 1.54. The van der Waals surface area contributed by atoms with Gasteiger partial charge in [-0.25, -0.2) is 9.78 Å². The van der Waals surface area contributed by atoms with Crippen LogP contribution in [0, 0.1) is 6.92 Å². The minimum absolute atomic E-state index is 0.0577. The Morgan fingerprint density at radius 2 is 2.12 bits per heavy atom. The van der Waals surface area contributed by atoms with Crippen molar-refractivity contribution in [2.45, 2.75) is 58.1 Å². The molecule has 0 saturated heterocycles. The minimum Gasteiger partial charge on any atom is -0.459 e. The molecule has 0 N–H and O–H groups in total. The quantitative estimate of drug-likeness (QED) is 0.607. The van der Waals surface area contributed by atoms with E-state index in [2.05, 4.69) is 25.5 Å². The van der Waals surface area contributed by atoms with Crippen molar-refractivity contribution in [1.29, 1.82) is 0 Å². The Hall–Kier alpha value is -1.33. The molecule has 0 aliphatic heterocycles. The first-order valence-electron chi connectivity index (χ1n) is 8.71. The highest BCUT2D eigenvalue weighted by Gasteiger charge is 2.19. The molecule has 6 heteroatoms. The van der Waals surface area contributed by atoms with E-state index in [4.69, 9.17) is 16.3 Å². The largest absolute Gasteiger partial charge is 0.459 e. The molecule has 4 nitrogen and oxygen atoms in total. The van der Waals surface area contributed by atoms with Gasteiger partial charge in [0.2, 0.25) is 0 Å². The molecule has 3 rings (SSSR count). The molecule has 1 aliphatic carbocycles. The summed E-state index contributed by atoms with van der Waals surface area (Å²) in [5, 5.41) is 0.606.